The van der Waals surface area contributed by atoms with Crippen LogP contribution in [0.1, 0.15) is 57.9 Å². The molecule has 11 heteroatoms. The third kappa shape index (κ3) is 5.66. The number of sulfonamides is 1. The summed E-state index contributed by atoms with van der Waals surface area (Å²) >= 11 is 5.99. The average Bonchev–Trinajstić information content (AvgIpc) is 2.66. The lowest BCUT2D eigenvalue weighted by atomic mass is 9.90. The molecule has 0 unspecified atom stereocenters. The van der Waals surface area contributed by atoms with Crippen molar-refractivity contribution in [3.63, 3.8) is 0 Å². The van der Waals surface area contributed by atoms with E-state index in [1.165, 1.54) is 18.6 Å². The van der Waals surface area contributed by atoms with E-state index in [0.717, 1.165) is 38.7 Å². The van der Waals surface area contributed by atoms with Gasteiger partial charge in [-0.3, -0.25) is 4.79 Å². The monoisotopic (exact) mass is 468 g/mol. The number of carbonyl (C=O) groups excluding carboxylic acids is 1. The van der Waals surface area contributed by atoms with Crippen LogP contribution in [-0.4, -0.2) is 32.2 Å². The van der Waals surface area contributed by atoms with Crippen LogP contribution in [0.3, 0.4) is 0 Å². The van der Waals surface area contributed by atoms with Gasteiger partial charge in [-0.1, -0.05) is 42.9 Å². The summed E-state index contributed by atoms with van der Waals surface area (Å²) < 4.78 is 63.3. The zero-order chi connectivity index (χ0) is 22.5. The van der Waals surface area contributed by atoms with Crippen molar-refractivity contribution in [3.05, 3.63) is 28.8 Å². The molecule has 1 fully saturated rings. The molecule has 1 aliphatic carbocycles. The van der Waals surface area contributed by atoms with E-state index in [9.17, 15) is 26.4 Å². The topological polar surface area (TPSA) is 76.0 Å². The van der Waals surface area contributed by atoms with Gasteiger partial charge in [0.1, 0.15) is 6.61 Å². The van der Waals surface area contributed by atoms with E-state index >= 15 is 0 Å². The largest absolute Gasteiger partial charge is 0.517 e. The van der Waals surface area contributed by atoms with E-state index in [4.69, 9.17) is 16.4 Å². The fraction of sp³-hybridized carbons (Fsp3) is 0.579. The Morgan fingerprint density at radius 1 is 1.27 bits per heavy atom. The molecule has 1 aromatic rings. The van der Waals surface area contributed by atoms with Crippen LogP contribution in [0, 0.1) is 5.92 Å². The Balaban J connectivity index is 2.44. The van der Waals surface area contributed by atoms with Crippen molar-refractivity contribution in [3.8, 4) is 0 Å². The number of benzene rings is 1. The molecule has 6 nitrogen and oxygen atoms in total. The van der Waals surface area contributed by atoms with Crippen molar-refractivity contribution >= 4 is 38.9 Å². The first-order chi connectivity index (χ1) is 14.0. The minimum Gasteiger partial charge on any atom is -0.395 e. The summed E-state index contributed by atoms with van der Waals surface area (Å²) in [4.78, 5) is 17.4. The lowest BCUT2D eigenvalue weighted by Crippen LogP contribution is -2.44. The number of anilines is 1. The van der Waals surface area contributed by atoms with Crippen LogP contribution in [0.15, 0.2) is 23.4 Å². The fourth-order valence-corrected chi connectivity index (χ4v) is 4.50. The van der Waals surface area contributed by atoms with Crippen molar-refractivity contribution in [2.24, 2.45) is 11.1 Å². The number of oxime groups is 1. The van der Waals surface area contributed by atoms with Crippen molar-refractivity contribution < 1.29 is 31.2 Å². The first kappa shape index (κ1) is 24.5. The highest BCUT2D eigenvalue weighted by Crippen LogP contribution is 2.35. The van der Waals surface area contributed by atoms with Crippen LogP contribution >= 0.6 is 11.6 Å². The van der Waals surface area contributed by atoms with Crippen LogP contribution < -0.4 is 4.31 Å². The van der Waals surface area contributed by atoms with Gasteiger partial charge in [0.2, 0.25) is 5.91 Å². The number of halogens is 4. The molecule has 0 aliphatic heterocycles. The van der Waals surface area contributed by atoms with Crippen LogP contribution in [0.5, 0.6) is 0 Å². The Kier molecular flexibility index (Phi) is 8.15. The van der Waals surface area contributed by atoms with Gasteiger partial charge < -0.3 is 4.84 Å². The quantitative estimate of drug-likeness (QED) is 0.404. The first-order valence-corrected chi connectivity index (χ1v) is 11.4. The maximum absolute atomic E-state index is 13.2. The van der Waals surface area contributed by atoms with Gasteiger partial charge in [0.25, 0.3) is 0 Å². The van der Waals surface area contributed by atoms with Crippen LogP contribution in [0.2, 0.25) is 5.02 Å². The summed E-state index contributed by atoms with van der Waals surface area (Å²) in [6.45, 7) is 2.78. The van der Waals surface area contributed by atoms with Crippen LogP contribution in [0.4, 0.5) is 18.9 Å². The van der Waals surface area contributed by atoms with Crippen molar-refractivity contribution in [2.75, 3.05) is 10.9 Å². The predicted molar refractivity (Wildman–Crippen MR) is 109 cm³/mol. The van der Waals surface area contributed by atoms with E-state index in [2.05, 4.69) is 5.16 Å². The highest BCUT2D eigenvalue weighted by Gasteiger charge is 2.52. The smallest absolute Gasteiger partial charge is 0.395 e. The molecule has 2 rings (SSSR count). The minimum atomic E-state index is -5.96. The number of rotatable bonds is 7. The Bertz CT molecular complexity index is 898. The molecule has 0 spiro atoms. The van der Waals surface area contributed by atoms with E-state index in [1.807, 2.05) is 0 Å². The fourth-order valence-electron chi connectivity index (χ4n) is 3.37. The first-order valence-electron chi connectivity index (χ1n) is 9.60. The summed E-state index contributed by atoms with van der Waals surface area (Å²) in [5, 5.41) is 4.19. The lowest BCUT2D eigenvalue weighted by Gasteiger charge is -2.25. The van der Waals surface area contributed by atoms with Gasteiger partial charge in [0.15, 0.2) is 0 Å². The standard InChI is InChI=1S/C19H24ClF3N2O4S/c1-3-17(24-29-12-14-7-5-4-6-8-14)16-11-15(20)9-10-18(16)25(13(2)26)30(27,28)19(21,22)23/h9-11,14H,3-8,12H2,1-2H3/b24-17+. The molecule has 1 aromatic carbocycles. The summed E-state index contributed by atoms with van der Waals surface area (Å²) in [6, 6.07) is 3.53. The van der Waals surface area contributed by atoms with Gasteiger partial charge in [-0.2, -0.15) is 25.9 Å². The second-order valence-corrected chi connectivity index (χ2v) is 9.30. The Labute approximate surface area is 179 Å². The number of amides is 1. The number of hydrogen-bond acceptors (Lipinski definition) is 5. The third-order valence-corrected chi connectivity index (χ3v) is 6.61. The van der Waals surface area contributed by atoms with Gasteiger partial charge in [-0.25, -0.2) is 0 Å². The lowest BCUT2D eigenvalue weighted by molar-refractivity contribution is -0.115. The van der Waals surface area contributed by atoms with Gasteiger partial charge in [-0.15, -0.1) is 0 Å². The second kappa shape index (κ2) is 10.00. The van der Waals surface area contributed by atoms with E-state index in [0.29, 0.717) is 12.5 Å². The number of hydrogen-bond donors (Lipinski definition) is 0. The SMILES string of the molecule is CC/C(=N\OCC1CCCCC1)c1cc(Cl)ccc1N(C(C)=O)S(=O)(=O)C(F)(F)F. The van der Waals surface area contributed by atoms with Gasteiger partial charge in [0, 0.05) is 17.5 Å². The normalized spacial score (nSPS) is 16.4. The Morgan fingerprint density at radius 2 is 1.90 bits per heavy atom. The van der Waals surface area contributed by atoms with Crippen molar-refractivity contribution in [1.82, 2.24) is 0 Å². The van der Waals surface area contributed by atoms with Gasteiger partial charge in [0.05, 0.1) is 11.4 Å². The number of alkyl halides is 3. The molecule has 1 amide bonds. The molecule has 0 saturated heterocycles. The molecule has 0 atom stereocenters. The van der Waals surface area contributed by atoms with Crippen LogP contribution in [-0.2, 0) is 19.7 Å². The van der Waals surface area contributed by atoms with Crippen molar-refractivity contribution in [1.29, 1.82) is 0 Å². The van der Waals surface area contributed by atoms with E-state index < -0.39 is 27.1 Å². The summed E-state index contributed by atoms with van der Waals surface area (Å²) in [7, 11) is -5.96. The highest BCUT2D eigenvalue weighted by molar-refractivity contribution is 7.94. The number of nitrogens with zero attached hydrogens (tertiary/aromatic N) is 2. The molecule has 1 aliphatic rings. The van der Waals surface area contributed by atoms with E-state index in [1.54, 1.807) is 6.92 Å². The predicted octanol–water partition coefficient (Wildman–Crippen LogP) is 5.25. The van der Waals surface area contributed by atoms with Crippen LogP contribution in [0.25, 0.3) is 0 Å². The molecule has 0 radical (unpaired) electrons. The molecular formula is C19H24ClF3N2O4S. The molecule has 0 heterocycles. The van der Waals surface area contributed by atoms with E-state index in [-0.39, 0.29) is 27.0 Å². The molecular weight excluding hydrogens is 445 g/mol. The zero-order valence-electron chi connectivity index (χ0n) is 16.7. The molecule has 30 heavy (non-hydrogen) atoms. The molecule has 1 saturated carbocycles. The third-order valence-electron chi connectivity index (χ3n) is 4.85. The summed E-state index contributed by atoms with van der Waals surface area (Å²) in [5.41, 5.74) is -5.97. The molecule has 0 bridgehead atoms. The summed E-state index contributed by atoms with van der Waals surface area (Å²) in [5.74, 6) is -0.965. The maximum atomic E-state index is 13.2. The minimum absolute atomic E-state index is 0.0170. The number of carbonyl (C=O) groups is 1. The average molecular weight is 469 g/mol. The summed E-state index contributed by atoms with van der Waals surface area (Å²) in [6.07, 6.45) is 5.65. The zero-order valence-corrected chi connectivity index (χ0v) is 18.3. The van der Waals surface area contributed by atoms with Crippen molar-refractivity contribution in [2.45, 2.75) is 57.9 Å². The highest BCUT2D eigenvalue weighted by atomic mass is 35.5. The Hall–Kier alpha value is -1.81. The molecule has 168 valence electrons. The van der Waals surface area contributed by atoms with Gasteiger partial charge >= 0.3 is 15.5 Å². The Morgan fingerprint density at radius 3 is 2.43 bits per heavy atom. The maximum Gasteiger partial charge on any atom is 0.517 e. The van der Waals surface area contributed by atoms with Gasteiger partial charge in [-0.05, 0) is 43.4 Å². The molecule has 0 aromatic heterocycles. The second-order valence-electron chi connectivity index (χ2n) is 7.09. The molecule has 0 N–H and O–H groups in total.